The molecule has 4 rings (SSSR count). The summed E-state index contributed by atoms with van der Waals surface area (Å²) in [7, 11) is 0. The molecule has 0 saturated carbocycles. The van der Waals surface area contributed by atoms with Crippen molar-refractivity contribution in [3.8, 4) is 5.75 Å². The Labute approximate surface area is 181 Å². The predicted molar refractivity (Wildman–Crippen MR) is 121 cm³/mol. The van der Waals surface area contributed by atoms with Crippen molar-refractivity contribution in [3.05, 3.63) is 99.6 Å². The second-order valence-corrected chi connectivity index (χ2v) is 8.05. The van der Waals surface area contributed by atoms with Crippen LogP contribution in [0.3, 0.4) is 0 Å². The average molecular weight is 419 g/mol. The van der Waals surface area contributed by atoms with E-state index in [0.29, 0.717) is 17.2 Å². The molecule has 0 fully saturated rings. The Morgan fingerprint density at radius 2 is 1.77 bits per heavy atom. The highest BCUT2D eigenvalue weighted by atomic mass is 35.5. The number of hydrogen-bond acceptors (Lipinski definition) is 2. The first-order valence-corrected chi connectivity index (χ1v) is 10.4. The van der Waals surface area contributed by atoms with Crippen LogP contribution < -0.4 is 4.74 Å². The Morgan fingerprint density at radius 1 is 1.00 bits per heavy atom. The van der Waals surface area contributed by atoms with Crippen molar-refractivity contribution in [2.24, 2.45) is 0 Å². The maximum absolute atomic E-state index is 11.5. The topological polar surface area (TPSA) is 46.5 Å². The molecule has 1 aliphatic carbocycles. The summed E-state index contributed by atoms with van der Waals surface area (Å²) < 4.78 is 6.17. The lowest BCUT2D eigenvalue weighted by Crippen LogP contribution is -2.00. The summed E-state index contributed by atoms with van der Waals surface area (Å²) in [5.74, 6) is -0.112. The molecular formula is C26H23ClO3. The predicted octanol–water partition coefficient (Wildman–Crippen LogP) is 7.02. The average Bonchev–Trinajstić information content (AvgIpc) is 3.23. The van der Waals surface area contributed by atoms with E-state index >= 15 is 0 Å². The standard InChI is InChI=1S/C26H23ClO3/c1-17-12-19(14-20(13-17)26(28)29)22-8-5-9-23(22)24-15-21(27)10-11-25(24)30-16-18-6-3-2-4-7-18/h2-4,6-7,10-15H,5,8-9,16H2,1H3,(H,28,29). The van der Waals surface area contributed by atoms with Crippen molar-refractivity contribution in [2.45, 2.75) is 32.8 Å². The van der Waals surface area contributed by atoms with Gasteiger partial charge in [0, 0.05) is 10.6 Å². The molecule has 1 N–H and O–H groups in total. The van der Waals surface area contributed by atoms with Gasteiger partial charge in [-0.1, -0.05) is 48.0 Å². The van der Waals surface area contributed by atoms with E-state index in [1.54, 1.807) is 12.1 Å². The highest BCUT2D eigenvalue weighted by Crippen LogP contribution is 2.44. The monoisotopic (exact) mass is 418 g/mol. The maximum Gasteiger partial charge on any atom is 0.335 e. The largest absolute Gasteiger partial charge is 0.488 e. The first kappa shape index (κ1) is 20.2. The molecule has 0 saturated heterocycles. The number of allylic oxidation sites excluding steroid dienone is 2. The van der Waals surface area contributed by atoms with Gasteiger partial charge in [-0.15, -0.1) is 0 Å². The molecule has 3 aromatic carbocycles. The molecule has 0 amide bonds. The van der Waals surface area contributed by atoms with Gasteiger partial charge in [-0.05, 0) is 84.4 Å². The molecule has 0 atom stereocenters. The number of aryl methyl sites for hydroxylation is 1. The van der Waals surface area contributed by atoms with Crippen LogP contribution in [0.5, 0.6) is 5.75 Å². The number of ether oxygens (including phenoxy) is 1. The Balaban J connectivity index is 1.75. The zero-order chi connectivity index (χ0) is 21.1. The van der Waals surface area contributed by atoms with Gasteiger partial charge < -0.3 is 9.84 Å². The third-order valence-corrected chi connectivity index (χ3v) is 5.63. The van der Waals surface area contributed by atoms with Crippen LogP contribution in [0.2, 0.25) is 5.02 Å². The van der Waals surface area contributed by atoms with Gasteiger partial charge in [-0.2, -0.15) is 0 Å². The molecule has 3 nitrogen and oxygen atoms in total. The van der Waals surface area contributed by atoms with Gasteiger partial charge in [0.2, 0.25) is 0 Å². The summed E-state index contributed by atoms with van der Waals surface area (Å²) in [5.41, 5.74) is 6.67. The minimum Gasteiger partial charge on any atom is -0.488 e. The van der Waals surface area contributed by atoms with Crippen molar-refractivity contribution < 1.29 is 14.6 Å². The molecule has 0 radical (unpaired) electrons. The van der Waals surface area contributed by atoms with Crippen molar-refractivity contribution in [3.63, 3.8) is 0 Å². The molecule has 0 aromatic heterocycles. The van der Waals surface area contributed by atoms with Crippen LogP contribution in [0.4, 0.5) is 0 Å². The van der Waals surface area contributed by atoms with Crippen molar-refractivity contribution in [1.82, 2.24) is 0 Å². The second kappa shape index (κ2) is 8.76. The zero-order valence-electron chi connectivity index (χ0n) is 16.8. The molecule has 0 spiro atoms. The number of aromatic carboxylic acids is 1. The van der Waals surface area contributed by atoms with Gasteiger partial charge in [-0.3, -0.25) is 0 Å². The SMILES string of the molecule is Cc1cc(C(=O)O)cc(C2=C(c3cc(Cl)ccc3OCc3ccccc3)CCC2)c1. The van der Waals surface area contributed by atoms with E-state index in [9.17, 15) is 9.90 Å². The Morgan fingerprint density at radius 3 is 2.53 bits per heavy atom. The zero-order valence-corrected chi connectivity index (χ0v) is 17.6. The first-order chi connectivity index (χ1) is 14.5. The fraction of sp³-hybridized carbons (Fsp3) is 0.192. The van der Waals surface area contributed by atoms with Crippen molar-refractivity contribution >= 4 is 28.7 Å². The van der Waals surface area contributed by atoms with Crippen LogP contribution in [-0.2, 0) is 6.61 Å². The van der Waals surface area contributed by atoms with Crippen molar-refractivity contribution in [2.75, 3.05) is 0 Å². The van der Waals surface area contributed by atoms with Gasteiger partial charge in [0.15, 0.2) is 0 Å². The van der Waals surface area contributed by atoms with Crippen molar-refractivity contribution in [1.29, 1.82) is 0 Å². The molecule has 30 heavy (non-hydrogen) atoms. The lowest BCUT2D eigenvalue weighted by atomic mass is 9.94. The minimum atomic E-state index is -0.908. The minimum absolute atomic E-state index is 0.315. The van der Waals surface area contributed by atoms with Gasteiger partial charge in [-0.25, -0.2) is 4.79 Å². The lowest BCUT2D eigenvalue weighted by molar-refractivity contribution is 0.0696. The van der Waals surface area contributed by atoms with E-state index in [-0.39, 0.29) is 0 Å². The number of carboxylic acid groups (broad SMARTS) is 1. The summed E-state index contributed by atoms with van der Waals surface area (Å²) in [4.78, 5) is 11.5. The number of halogens is 1. The molecule has 0 bridgehead atoms. The van der Waals surface area contributed by atoms with E-state index in [0.717, 1.165) is 47.3 Å². The summed E-state index contributed by atoms with van der Waals surface area (Å²) in [6.45, 7) is 2.41. The Kier molecular flexibility index (Phi) is 5.91. The van der Waals surface area contributed by atoms with Crippen LogP contribution in [-0.4, -0.2) is 11.1 Å². The van der Waals surface area contributed by atoms with E-state index < -0.39 is 5.97 Å². The van der Waals surface area contributed by atoms with E-state index in [4.69, 9.17) is 16.3 Å². The third-order valence-electron chi connectivity index (χ3n) is 5.39. The third kappa shape index (κ3) is 4.42. The fourth-order valence-electron chi connectivity index (χ4n) is 4.04. The van der Waals surface area contributed by atoms with Crippen LogP contribution in [0.15, 0.2) is 66.7 Å². The highest BCUT2D eigenvalue weighted by Gasteiger charge is 2.22. The summed E-state index contributed by atoms with van der Waals surface area (Å²) in [6, 6.07) is 21.3. The van der Waals surface area contributed by atoms with E-state index in [1.807, 2.05) is 55.5 Å². The Bertz CT molecular complexity index is 1120. The van der Waals surface area contributed by atoms with Gasteiger partial charge in [0.1, 0.15) is 12.4 Å². The molecule has 0 aliphatic heterocycles. The van der Waals surface area contributed by atoms with E-state index in [1.165, 1.54) is 11.1 Å². The highest BCUT2D eigenvalue weighted by molar-refractivity contribution is 6.30. The molecule has 1 aliphatic rings. The fourth-order valence-corrected chi connectivity index (χ4v) is 4.21. The second-order valence-electron chi connectivity index (χ2n) is 7.62. The van der Waals surface area contributed by atoms with Gasteiger partial charge >= 0.3 is 5.97 Å². The van der Waals surface area contributed by atoms with Crippen LogP contribution in [0.25, 0.3) is 11.1 Å². The van der Waals surface area contributed by atoms with Crippen LogP contribution in [0, 0.1) is 6.92 Å². The number of carboxylic acids is 1. The summed E-state index contributed by atoms with van der Waals surface area (Å²) in [5, 5.41) is 10.1. The quantitative estimate of drug-likeness (QED) is 0.467. The Hall–Kier alpha value is -3.04. The van der Waals surface area contributed by atoms with E-state index in [2.05, 4.69) is 6.07 Å². The summed E-state index contributed by atoms with van der Waals surface area (Å²) >= 11 is 6.34. The number of benzene rings is 3. The van der Waals surface area contributed by atoms with Crippen LogP contribution in [0.1, 0.15) is 51.9 Å². The lowest BCUT2D eigenvalue weighted by Gasteiger charge is -2.16. The normalized spacial score (nSPS) is 13.5. The van der Waals surface area contributed by atoms with Gasteiger partial charge in [0.05, 0.1) is 5.56 Å². The number of carbonyl (C=O) groups is 1. The summed E-state index contributed by atoms with van der Waals surface area (Å²) in [6.07, 6.45) is 2.84. The number of hydrogen-bond donors (Lipinski definition) is 1. The molecule has 0 heterocycles. The molecule has 0 unspecified atom stereocenters. The molecule has 152 valence electrons. The molecular weight excluding hydrogens is 396 g/mol. The molecule has 4 heteroatoms. The van der Waals surface area contributed by atoms with Gasteiger partial charge in [0.25, 0.3) is 0 Å². The van der Waals surface area contributed by atoms with Crippen LogP contribution >= 0.6 is 11.6 Å². The number of rotatable bonds is 6. The smallest absolute Gasteiger partial charge is 0.335 e. The molecule has 3 aromatic rings. The maximum atomic E-state index is 11.5. The first-order valence-electron chi connectivity index (χ1n) is 10.1.